The molecule has 3 N–H and O–H groups in total. The first-order chi connectivity index (χ1) is 10.2. The van der Waals surface area contributed by atoms with Gasteiger partial charge in [-0.3, -0.25) is 0 Å². The van der Waals surface area contributed by atoms with Crippen molar-refractivity contribution in [2.45, 2.75) is 43.9 Å². The molecule has 2 aliphatic heterocycles. The second-order valence-electron chi connectivity index (χ2n) is 5.29. The fourth-order valence-corrected chi connectivity index (χ4v) is 2.78. The number of hydrogen-bond acceptors (Lipinski definition) is 5. The summed E-state index contributed by atoms with van der Waals surface area (Å²) in [6, 6.07) is -1.25. The van der Waals surface area contributed by atoms with Gasteiger partial charge in [0.05, 0.1) is 19.0 Å². The Kier molecular flexibility index (Phi) is 4.09. The molecule has 2 bridgehead atoms. The van der Waals surface area contributed by atoms with Crippen LogP contribution in [-0.2, 0) is 9.47 Å². The van der Waals surface area contributed by atoms with E-state index < -0.39 is 24.5 Å². The third-order valence-corrected chi connectivity index (χ3v) is 3.83. The van der Waals surface area contributed by atoms with Crippen LogP contribution in [0, 0.1) is 0 Å². The molecular weight excluding hydrogens is 276 g/mol. The number of imidazole rings is 1. The first-order valence-electron chi connectivity index (χ1n) is 7.17. The number of fused-ring (bicyclic) bond motifs is 2. The van der Waals surface area contributed by atoms with Gasteiger partial charge in [-0.2, -0.15) is 0 Å². The predicted octanol–water partition coefficient (Wildman–Crippen LogP) is -0.382. The second-order valence-corrected chi connectivity index (χ2v) is 5.29. The quantitative estimate of drug-likeness (QED) is 0.703. The molecule has 21 heavy (non-hydrogen) atoms. The van der Waals surface area contributed by atoms with E-state index in [1.807, 2.05) is 6.92 Å². The smallest absolute Gasteiger partial charge is 0.315 e. The van der Waals surface area contributed by atoms with Crippen LogP contribution in [0.5, 0.6) is 0 Å². The molecule has 1 aromatic rings. The van der Waals surface area contributed by atoms with Gasteiger partial charge in [0.2, 0.25) is 0 Å². The van der Waals surface area contributed by atoms with Gasteiger partial charge in [-0.25, -0.2) is 9.78 Å². The molecule has 0 unspecified atom stereocenters. The topological polar surface area (TPSA) is 97.6 Å². The number of carbonyl (C=O) groups is 1. The highest BCUT2D eigenvalue weighted by Gasteiger charge is 2.51. The monoisotopic (exact) mass is 296 g/mol. The lowest BCUT2D eigenvalue weighted by Crippen LogP contribution is -2.60. The highest BCUT2D eigenvalue weighted by molar-refractivity contribution is 5.74. The molecule has 8 heteroatoms. The number of carbonyl (C=O) groups excluding carboxylic acids is 1. The van der Waals surface area contributed by atoms with Gasteiger partial charge in [0.15, 0.2) is 6.29 Å². The third kappa shape index (κ3) is 2.74. The zero-order valence-corrected chi connectivity index (χ0v) is 11.8. The molecule has 5 atom stereocenters. The maximum atomic E-state index is 11.8. The Bertz CT molecular complexity index is 481. The van der Waals surface area contributed by atoms with Crippen LogP contribution in [0.2, 0.25) is 0 Å². The Hall–Kier alpha value is -1.64. The van der Waals surface area contributed by atoms with E-state index in [0.717, 1.165) is 6.42 Å². The van der Waals surface area contributed by atoms with Crippen molar-refractivity contribution < 1.29 is 19.4 Å². The molecule has 2 aliphatic rings. The van der Waals surface area contributed by atoms with Gasteiger partial charge in [0, 0.05) is 18.9 Å². The highest BCUT2D eigenvalue weighted by Crippen LogP contribution is 2.35. The van der Waals surface area contributed by atoms with E-state index >= 15 is 0 Å². The Labute approximate surface area is 122 Å². The van der Waals surface area contributed by atoms with Crippen LogP contribution < -0.4 is 10.6 Å². The molecule has 116 valence electrons. The fourth-order valence-electron chi connectivity index (χ4n) is 2.78. The number of nitrogens with one attached hydrogen (secondary N) is 2. The lowest BCUT2D eigenvalue weighted by molar-refractivity contribution is -0.163. The number of ether oxygens (including phenoxy) is 2. The number of aliphatic hydroxyl groups excluding tert-OH is 1. The van der Waals surface area contributed by atoms with Crippen LogP contribution in [-0.4, -0.2) is 58.4 Å². The molecule has 2 fully saturated rings. The molecule has 0 radical (unpaired) electrons. The number of amides is 2. The van der Waals surface area contributed by atoms with Crippen molar-refractivity contribution in [3.8, 4) is 0 Å². The predicted molar refractivity (Wildman–Crippen MR) is 72.5 cm³/mol. The maximum Gasteiger partial charge on any atom is 0.315 e. The minimum Gasteiger partial charge on any atom is -0.388 e. The van der Waals surface area contributed by atoms with E-state index in [9.17, 15) is 9.90 Å². The molecular formula is C13H20N4O4. The summed E-state index contributed by atoms with van der Waals surface area (Å²) in [5.41, 5.74) is 0. The lowest BCUT2D eigenvalue weighted by Gasteiger charge is -2.38. The summed E-state index contributed by atoms with van der Waals surface area (Å²) in [6.07, 6.45) is 4.17. The molecule has 3 rings (SSSR count). The summed E-state index contributed by atoms with van der Waals surface area (Å²) < 4.78 is 13.1. The van der Waals surface area contributed by atoms with Gasteiger partial charge in [0.1, 0.15) is 18.2 Å². The molecule has 2 amide bonds. The molecule has 3 heterocycles. The normalized spacial score (nSPS) is 34.7. The van der Waals surface area contributed by atoms with Crippen molar-refractivity contribution in [3.05, 3.63) is 18.7 Å². The Morgan fingerprint density at radius 3 is 3.14 bits per heavy atom. The SMILES string of the molecule is CCCNC(=O)N[C@H]1[C@H](O)[C@@H](n2ccnc2)[C@@H]2OC[C@H]1O2. The number of aliphatic hydroxyl groups is 1. The first kappa shape index (κ1) is 14.3. The average Bonchev–Trinajstić information content (AvgIpc) is 3.13. The highest BCUT2D eigenvalue weighted by atomic mass is 16.7. The largest absolute Gasteiger partial charge is 0.388 e. The van der Waals surface area contributed by atoms with Crippen LogP contribution >= 0.6 is 0 Å². The van der Waals surface area contributed by atoms with Crippen LogP contribution in [0.4, 0.5) is 4.79 Å². The molecule has 0 aliphatic carbocycles. The lowest BCUT2D eigenvalue weighted by atomic mass is 9.96. The van der Waals surface area contributed by atoms with E-state index in [1.165, 1.54) is 0 Å². The average molecular weight is 296 g/mol. The second kappa shape index (κ2) is 6.00. The van der Waals surface area contributed by atoms with E-state index in [-0.39, 0.29) is 12.1 Å². The fraction of sp³-hybridized carbons (Fsp3) is 0.692. The maximum absolute atomic E-state index is 11.8. The molecule has 0 spiro atoms. The minimum atomic E-state index is -0.808. The van der Waals surface area contributed by atoms with Gasteiger partial charge >= 0.3 is 6.03 Å². The van der Waals surface area contributed by atoms with Crippen molar-refractivity contribution in [1.82, 2.24) is 20.2 Å². The number of urea groups is 1. The zero-order chi connectivity index (χ0) is 14.8. The third-order valence-electron chi connectivity index (χ3n) is 3.83. The summed E-state index contributed by atoms with van der Waals surface area (Å²) in [7, 11) is 0. The van der Waals surface area contributed by atoms with Gasteiger partial charge in [-0.05, 0) is 6.42 Å². The van der Waals surface area contributed by atoms with Crippen LogP contribution in [0.15, 0.2) is 18.7 Å². The first-order valence-corrected chi connectivity index (χ1v) is 7.17. The molecule has 1 aromatic heterocycles. The van der Waals surface area contributed by atoms with E-state index in [0.29, 0.717) is 13.2 Å². The minimum absolute atomic E-state index is 0.306. The summed E-state index contributed by atoms with van der Waals surface area (Å²) >= 11 is 0. The Morgan fingerprint density at radius 2 is 2.43 bits per heavy atom. The summed E-state index contributed by atoms with van der Waals surface area (Å²) in [6.45, 7) is 2.92. The van der Waals surface area contributed by atoms with Gasteiger partial charge in [0.25, 0.3) is 0 Å². The molecule has 0 aromatic carbocycles. The number of rotatable bonds is 4. The van der Waals surface area contributed by atoms with E-state index in [4.69, 9.17) is 9.47 Å². The summed E-state index contributed by atoms with van der Waals surface area (Å²) in [4.78, 5) is 15.8. The van der Waals surface area contributed by atoms with Crippen LogP contribution in [0.3, 0.4) is 0 Å². The van der Waals surface area contributed by atoms with Gasteiger partial charge in [-0.15, -0.1) is 0 Å². The standard InChI is InChI=1S/C13H20N4O4/c1-2-3-15-13(19)16-9-8-6-20-12(21-8)10(11(9)18)17-5-4-14-7-17/h4-5,7-12,18H,2-3,6H2,1H3,(H2,15,16,19)/t8-,9-,10-,11+,12-/m1/s1. The Morgan fingerprint density at radius 1 is 1.57 bits per heavy atom. The van der Waals surface area contributed by atoms with Crippen LogP contribution in [0.25, 0.3) is 0 Å². The zero-order valence-electron chi connectivity index (χ0n) is 11.8. The van der Waals surface area contributed by atoms with Crippen LogP contribution in [0.1, 0.15) is 19.4 Å². The number of nitrogens with zero attached hydrogens (tertiary/aromatic N) is 2. The Balaban J connectivity index is 1.73. The summed E-state index contributed by atoms with van der Waals surface area (Å²) in [5.74, 6) is 0. The molecule has 0 saturated carbocycles. The van der Waals surface area contributed by atoms with Crippen molar-refractivity contribution in [1.29, 1.82) is 0 Å². The van der Waals surface area contributed by atoms with E-state index in [1.54, 1.807) is 23.3 Å². The molecule has 2 saturated heterocycles. The number of aromatic nitrogens is 2. The van der Waals surface area contributed by atoms with Crippen molar-refractivity contribution in [2.75, 3.05) is 13.2 Å². The van der Waals surface area contributed by atoms with Gasteiger partial charge in [-0.1, -0.05) is 6.92 Å². The van der Waals surface area contributed by atoms with E-state index in [2.05, 4.69) is 15.6 Å². The molecule has 8 nitrogen and oxygen atoms in total. The van der Waals surface area contributed by atoms with Gasteiger partial charge < -0.3 is 29.8 Å². The van der Waals surface area contributed by atoms with Crippen molar-refractivity contribution in [2.24, 2.45) is 0 Å². The summed E-state index contributed by atoms with van der Waals surface area (Å²) in [5, 5.41) is 16.1. The van der Waals surface area contributed by atoms with Crippen molar-refractivity contribution in [3.63, 3.8) is 0 Å². The number of hydrogen-bond donors (Lipinski definition) is 3. The van der Waals surface area contributed by atoms with Crippen molar-refractivity contribution >= 4 is 6.03 Å².